The lowest BCUT2D eigenvalue weighted by Crippen LogP contribution is -2.17. The van der Waals surface area contributed by atoms with E-state index in [0.29, 0.717) is 0 Å². The van der Waals surface area contributed by atoms with Gasteiger partial charge in [-0.2, -0.15) is 0 Å². The average molecular weight is 664 g/mol. The van der Waals surface area contributed by atoms with E-state index in [4.69, 9.17) is 0 Å². The molecule has 0 aromatic heterocycles. The Balaban J connectivity index is 1.29. The van der Waals surface area contributed by atoms with Crippen molar-refractivity contribution in [1.29, 1.82) is 0 Å². The second-order valence-electron chi connectivity index (χ2n) is 14.6. The Hall–Kier alpha value is -6.44. The molecule has 52 heavy (non-hydrogen) atoms. The molecule has 0 atom stereocenters. The molecule has 1 aliphatic rings. The smallest absolute Gasteiger partial charge is 0.0546 e. The molecule has 246 valence electrons. The van der Waals surface area contributed by atoms with Crippen LogP contribution in [0.15, 0.2) is 188 Å². The molecule has 0 saturated heterocycles. The standard InChI is InChI=1S/C51H37N/c1-51(2)47-23-13-12-21-43(47)44-28-27-40(33-48(44)51)52(50-32-38-18-8-9-19-41(38)42-20-10-11-22-45(42)50)49-29-26-37(34-14-4-3-5-15-34)31-46(49)39-25-24-35-16-6-7-17-36(35)30-39/h3-33H,1-2H3. The van der Waals surface area contributed by atoms with Gasteiger partial charge in [-0.25, -0.2) is 0 Å². The summed E-state index contributed by atoms with van der Waals surface area (Å²) in [4.78, 5) is 2.52. The van der Waals surface area contributed by atoms with Crippen LogP contribution < -0.4 is 4.90 Å². The zero-order chi connectivity index (χ0) is 34.8. The second kappa shape index (κ2) is 11.8. The largest absolute Gasteiger partial charge is 0.309 e. The number of hydrogen-bond donors (Lipinski definition) is 0. The Morgan fingerprint density at radius 3 is 1.85 bits per heavy atom. The highest BCUT2D eigenvalue weighted by Gasteiger charge is 2.36. The van der Waals surface area contributed by atoms with Crippen LogP contribution in [0.1, 0.15) is 25.0 Å². The number of hydrogen-bond acceptors (Lipinski definition) is 1. The van der Waals surface area contributed by atoms with Crippen molar-refractivity contribution < 1.29 is 0 Å². The van der Waals surface area contributed by atoms with Crippen LogP contribution in [0.2, 0.25) is 0 Å². The molecule has 0 heterocycles. The molecule has 0 amide bonds. The molecule has 9 aromatic carbocycles. The number of rotatable bonds is 5. The van der Waals surface area contributed by atoms with E-state index in [0.717, 1.165) is 17.1 Å². The lowest BCUT2D eigenvalue weighted by Gasteiger charge is -2.31. The first-order chi connectivity index (χ1) is 25.5. The summed E-state index contributed by atoms with van der Waals surface area (Å²) in [6, 6.07) is 69.4. The fraction of sp³-hybridized carbons (Fsp3) is 0.0588. The van der Waals surface area contributed by atoms with Crippen molar-refractivity contribution in [3.8, 4) is 33.4 Å². The maximum absolute atomic E-state index is 2.52. The number of anilines is 3. The maximum Gasteiger partial charge on any atom is 0.0546 e. The van der Waals surface area contributed by atoms with Crippen LogP contribution in [0, 0.1) is 0 Å². The van der Waals surface area contributed by atoms with Gasteiger partial charge in [-0.3, -0.25) is 0 Å². The molecular weight excluding hydrogens is 627 g/mol. The fourth-order valence-electron chi connectivity index (χ4n) is 8.59. The summed E-state index contributed by atoms with van der Waals surface area (Å²) in [6.45, 7) is 4.73. The predicted octanol–water partition coefficient (Wildman–Crippen LogP) is 14.3. The van der Waals surface area contributed by atoms with Crippen molar-refractivity contribution in [2.75, 3.05) is 4.90 Å². The minimum absolute atomic E-state index is 0.128. The lowest BCUT2D eigenvalue weighted by atomic mass is 9.82. The number of benzene rings is 9. The monoisotopic (exact) mass is 663 g/mol. The van der Waals surface area contributed by atoms with E-state index < -0.39 is 0 Å². The minimum Gasteiger partial charge on any atom is -0.309 e. The summed E-state index contributed by atoms with van der Waals surface area (Å²) >= 11 is 0. The van der Waals surface area contributed by atoms with Gasteiger partial charge in [-0.1, -0.05) is 166 Å². The van der Waals surface area contributed by atoms with Crippen molar-refractivity contribution in [3.63, 3.8) is 0 Å². The molecule has 10 rings (SSSR count). The Kier molecular flexibility index (Phi) is 6.91. The van der Waals surface area contributed by atoms with Gasteiger partial charge >= 0.3 is 0 Å². The molecule has 9 aromatic rings. The highest BCUT2D eigenvalue weighted by molar-refractivity contribution is 6.15. The van der Waals surface area contributed by atoms with Crippen molar-refractivity contribution in [2.24, 2.45) is 0 Å². The van der Waals surface area contributed by atoms with Crippen molar-refractivity contribution in [3.05, 3.63) is 199 Å². The van der Waals surface area contributed by atoms with Gasteiger partial charge in [0.1, 0.15) is 0 Å². The van der Waals surface area contributed by atoms with Crippen LogP contribution in [0.3, 0.4) is 0 Å². The van der Waals surface area contributed by atoms with Crippen LogP contribution in [-0.4, -0.2) is 0 Å². The fourth-order valence-corrected chi connectivity index (χ4v) is 8.59. The molecule has 1 heteroatoms. The van der Waals surface area contributed by atoms with E-state index in [2.05, 4.69) is 207 Å². The van der Waals surface area contributed by atoms with Crippen LogP contribution in [0.5, 0.6) is 0 Å². The van der Waals surface area contributed by atoms with E-state index in [9.17, 15) is 0 Å². The third-order valence-corrected chi connectivity index (χ3v) is 11.2. The molecule has 0 radical (unpaired) electrons. The Morgan fingerprint density at radius 1 is 0.346 bits per heavy atom. The first-order valence-corrected chi connectivity index (χ1v) is 18.2. The maximum atomic E-state index is 2.52. The number of fused-ring (bicyclic) bond motifs is 7. The van der Waals surface area contributed by atoms with Gasteiger partial charge in [-0.15, -0.1) is 0 Å². The van der Waals surface area contributed by atoms with E-state index in [-0.39, 0.29) is 5.41 Å². The third-order valence-electron chi connectivity index (χ3n) is 11.2. The molecule has 0 fully saturated rings. The summed E-state index contributed by atoms with van der Waals surface area (Å²) in [5.41, 5.74) is 13.5. The summed E-state index contributed by atoms with van der Waals surface area (Å²) in [6.07, 6.45) is 0. The molecular formula is C51H37N. The number of nitrogens with zero attached hydrogens (tertiary/aromatic N) is 1. The molecule has 0 bridgehead atoms. The molecule has 0 saturated carbocycles. The van der Waals surface area contributed by atoms with Crippen molar-refractivity contribution >= 4 is 49.4 Å². The van der Waals surface area contributed by atoms with E-state index in [1.54, 1.807) is 0 Å². The zero-order valence-corrected chi connectivity index (χ0v) is 29.3. The van der Waals surface area contributed by atoms with Crippen LogP contribution in [0.4, 0.5) is 17.1 Å². The molecule has 1 aliphatic carbocycles. The molecule has 0 unspecified atom stereocenters. The second-order valence-corrected chi connectivity index (χ2v) is 14.6. The normalized spacial score (nSPS) is 13.0. The third kappa shape index (κ3) is 4.77. The quantitative estimate of drug-likeness (QED) is 0.166. The van der Waals surface area contributed by atoms with Crippen molar-refractivity contribution in [1.82, 2.24) is 0 Å². The van der Waals surface area contributed by atoms with Gasteiger partial charge in [0.25, 0.3) is 0 Å². The van der Waals surface area contributed by atoms with Crippen LogP contribution in [-0.2, 0) is 5.41 Å². The average Bonchev–Trinajstić information content (AvgIpc) is 3.43. The Bertz CT molecular complexity index is 2830. The zero-order valence-electron chi connectivity index (χ0n) is 29.3. The summed E-state index contributed by atoms with van der Waals surface area (Å²) < 4.78 is 0. The molecule has 1 nitrogen and oxygen atoms in total. The Labute approximate surface area is 305 Å². The lowest BCUT2D eigenvalue weighted by molar-refractivity contribution is 0.660. The minimum atomic E-state index is -0.128. The SMILES string of the molecule is CC1(C)c2ccccc2-c2ccc(N(c3ccc(-c4ccccc4)cc3-c3ccc4ccccc4c3)c3cc4ccccc4c4ccccc34)cc21. The van der Waals surface area contributed by atoms with Gasteiger partial charge < -0.3 is 4.90 Å². The predicted molar refractivity (Wildman–Crippen MR) is 222 cm³/mol. The first kappa shape index (κ1) is 30.4. The van der Waals surface area contributed by atoms with Gasteiger partial charge in [0, 0.05) is 22.1 Å². The van der Waals surface area contributed by atoms with Gasteiger partial charge in [-0.05, 0) is 102 Å². The van der Waals surface area contributed by atoms with Crippen molar-refractivity contribution in [2.45, 2.75) is 19.3 Å². The highest BCUT2D eigenvalue weighted by Crippen LogP contribution is 2.52. The Morgan fingerprint density at radius 2 is 1.00 bits per heavy atom. The molecule has 0 N–H and O–H groups in total. The van der Waals surface area contributed by atoms with E-state index >= 15 is 0 Å². The molecule has 0 aliphatic heterocycles. The van der Waals surface area contributed by atoms with Gasteiger partial charge in [0.15, 0.2) is 0 Å². The highest BCUT2D eigenvalue weighted by atomic mass is 15.1. The van der Waals surface area contributed by atoms with Crippen LogP contribution in [0.25, 0.3) is 65.7 Å². The molecule has 0 spiro atoms. The summed E-state index contributed by atoms with van der Waals surface area (Å²) in [5.74, 6) is 0. The van der Waals surface area contributed by atoms with Crippen LogP contribution >= 0.6 is 0 Å². The summed E-state index contributed by atoms with van der Waals surface area (Å²) in [7, 11) is 0. The first-order valence-electron chi connectivity index (χ1n) is 18.2. The van der Waals surface area contributed by atoms with E-state index in [1.165, 1.54) is 76.8 Å². The van der Waals surface area contributed by atoms with Gasteiger partial charge in [0.2, 0.25) is 0 Å². The summed E-state index contributed by atoms with van der Waals surface area (Å²) in [5, 5.41) is 7.44. The van der Waals surface area contributed by atoms with E-state index in [1.807, 2.05) is 0 Å². The topological polar surface area (TPSA) is 3.24 Å². The van der Waals surface area contributed by atoms with Gasteiger partial charge in [0.05, 0.1) is 11.4 Å².